The average molecular weight is 643 g/mol. The Morgan fingerprint density at radius 3 is 2.09 bits per heavy atom. The van der Waals surface area contributed by atoms with Gasteiger partial charge in [0.15, 0.2) is 11.6 Å². The molecular formula is C30H28F10O4. The van der Waals surface area contributed by atoms with E-state index in [2.05, 4.69) is 16.1 Å². The van der Waals surface area contributed by atoms with Crippen molar-refractivity contribution in [1.82, 2.24) is 0 Å². The fraction of sp³-hybridized carbons (Fsp3) is 0.467. The second-order valence-electron chi connectivity index (χ2n) is 10.7. The molecule has 242 valence electrons. The molecule has 0 spiro atoms. The first-order chi connectivity index (χ1) is 20.7. The predicted octanol–water partition coefficient (Wildman–Crippen LogP) is 9.65. The summed E-state index contributed by atoms with van der Waals surface area (Å²) in [5.41, 5.74) is -0.958. The summed E-state index contributed by atoms with van der Waals surface area (Å²) in [6.07, 6.45) is -8.96. The summed E-state index contributed by atoms with van der Waals surface area (Å²) in [5, 5.41) is 0. The highest BCUT2D eigenvalue weighted by Crippen LogP contribution is 2.41. The molecule has 2 unspecified atom stereocenters. The van der Waals surface area contributed by atoms with E-state index in [1.54, 1.807) is 6.08 Å². The van der Waals surface area contributed by atoms with Gasteiger partial charge in [-0.05, 0) is 74.5 Å². The first kappa shape index (κ1) is 33.6. The van der Waals surface area contributed by atoms with Gasteiger partial charge in [-0.15, -0.1) is 6.58 Å². The molecule has 0 amide bonds. The van der Waals surface area contributed by atoms with E-state index in [0.29, 0.717) is 31.2 Å². The Bertz CT molecular complexity index is 1320. The van der Waals surface area contributed by atoms with Crippen LogP contribution in [0, 0.1) is 23.4 Å². The lowest BCUT2D eigenvalue weighted by molar-refractivity contribution is -0.326. The van der Waals surface area contributed by atoms with Crippen LogP contribution < -0.4 is 9.47 Å². The molecule has 2 aromatic rings. The third-order valence-corrected chi connectivity index (χ3v) is 7.58. The minimum absolute atomic E-state index is 0.117. The molecule has 1 aliphatic heterocycles. The molecule has 4 nitrogen and oxygen atoms in total. The van der Waals surface area contributed by atoms with Crippen LogP contribution in [-0.2, 0) is 15.6 Å². The van der Waals surface area contributed by atoms with E-state index in [0.717, 1.165) is 12.1 Å². The van der Waals surface area contributed by atoms with Crippen molar-refractivity contribution in [2.75, 3.05) is 6.61 Å². The minimum atomic E-state index is -4.45. The van der Waals surface area contributed by atoms with Crippen LogP contribution in [0.25, 0.3) is 0 Å². The Hall–Kier alpha value is -3.26. The number of ether oxygens (including phenoxy) is 4. The van der Waals surface area contributed by atoms with E-state index in [1.165, 1.54) is 6.07 Å². The SMILES string of the molecule is C=CCC1CCC(C(F)(F)OC2CCC(c3ccc(C(F)(F)Oc4cc(F)c(OC(F)=C(F)F)c(F)c4)c(F)c3)CC2)OC1. The fourth-order valence-corrected chi connectivity index (χ4v) is 5.35. The quantitative estimate of drug-likeness (QED) is 0.139. The molecule has 2 aromatic carbocycles. The Labute approximate surface area is 246 Å². The Morgan fingerprint density at radius 2 is 1.55 bits per heavy atom. The summed E-state index contributed by atoms with van der Waals surface area (Å²) in [6, 6.07) is 0.384. The van der Waals surface area contributed by atoms with E-state index in [-0.39, 0.29) is 49.8 Å². The number of hydrogen-bond acceptors (Lipinski definition) is 4. The van der Waals surface area contributed by atoms with Crippen LogP contribution in [0.5, 0.6) is 11.5 Å². The summed E-state index contributed by atoms with van der Waals surface area (Å²) < 4.78 is 158. The number of alkyl halides is 4. The fourth-order valence-electron chi connectivity index (χ4n) is 5.35. The molecule has 2 atom stereocenters. The second kappa shape index (κ2) is 13.8. The van der Waals surface area contributed by atoms with Crippen molar-refractivity contribution in [1.29, 1.82) is 0 Å². The van der Waals surface area contributed by atoms with Crippen LogP contribution in [0.1, 0.15) is 62.0 Å². The molecule has 0 N–H and O–H groups in total. The highest BCUT2D eigenvalue weighted by Gasteiger charge is 2.46. The van der Waals surface area contributed by atoms with Gasteiger partial charge < -0.3 is 18.9 Å². The molecular weight excluding hydrogens is 614 g/mol. The monoisotopic (exact) mass is 642 g/mol. The maximum Gasteiger partial charge on any atom is 0.429 e. The zero-order chi connectivity index (χ0) is 32.2. The third kappa shape index (κ3) is 8.06. The highest BCUT2D eigenvalue weighted by molar-refractivity contribution is 5.37. The lowest BCUT2D eigenvalue weighted by Gasteiger charge is -2.37. The standard InChI is InChI=1S/C30H28F10O4/c1-2-3-16-4-11-25(41-15-16)30(39,40)43-19-8-5-17(6-9-19)18-7-10-21(22(31)12-18)29(37,38)44-20-13-23(32)26(24(33)14-20)42-28(36)27(34)35/h2,7,10,12-14,16-17,19,25H,1,3-6,8-9,11,15H2. The van der Waals surface area contributed by atoms with Crippen LogP contribution >= 0.6 is 0 Å². The molecule has 14 heteroatoms. The van der Waals surface area contributed by atoms with E-state index in [4.69, 9.17) is 9.47 Å². The van der Waals surface area contributed by atoms with Crippen molar-refractivity contribution in [3.8, 4) is 11.5 Å². The summed E-state index contributed by atoms with van der Waals surface area (Å²) in [5.74, 6) is -8.10. The van der Waals surface area contributed by atoms with E-state index in [1.807, 2.05) is 0 Å². The van der Waals surface area contributed by atoms with Crippen molar-refractivity contribution in [2.24, 2.45) is 5.92 Å². The highest BCUT2D eigenvalue weighted by atomic mass is 19.3. The van der Waals surface area contributed by atoms with E-state index in [9.17, 15) is 43.9 Å². The third-order valence-electron chi connectivity index (χ3n) is 7.58. The van der Waals surface area contributed by atoms with Gasteiger partial charge in [-0.25, -0.2) is 13.2 Å². The summed E-state index contributed by atoms with van der Waals surface area (Å²) >= 11 is 0. The minimum Gasteiger partial charge on any atom is -0.429 e. The van der Waals surface area contributed by atoms with Crippen molar-refractivity contribution < 1.29 is 62.9 Å². The molecule has 1 saturated carbocycles. The number of hydrogen-bond donors (Lipinski definition) is 0. The number of rotatable bonds is 11. The van der Waals surface area contributed by atoms with Gasteiger partial charge in [0.05, 0.1) is 18.3 Å². The smallest absolute Gasteiger partial charge is 0.429 e. The van der Waals surface area contributed by atoms with Gasteiger partial charge in [0.1, 0.15) is 17.7 Å². The van der Waals surface area contributed by atoms with E-state index < -0.39 is 71.0 Å². The number of allylic oxidation sites excluding steroid dienone is 1. The number of halogens is 10. The summed E-state index contributed by atoms with van der Waals surface area (Å²) in [6.45, 7) is 3.83. The zero-order valence-corrected chi connectivity index (χ0v) is 23.1. The first-order valence-electron chi connectivity index (χ1n) is 13.7. The lowest BCUT2D eigenvalue weighted by atomic mass is 9.82. The number of benzene rings is 2. The van der Waals surface area contributed by atoms with Crippen molar-refractivity contribution in [2.45, 2.75) is 75.3 Å². The van der Waals surface area contributed by atoms with Gasteiger partial charge in [0, 0.05) is 12.1 Å². The molecule has 4 rings (SSSR count). The molecule has 0 aromatic heterocycles. The maximum atomic E-state index is 14.8. The van der Waals surface area contributed by atoms with E-state index >= 15 is 0 Å². The predicted molar refractivity (Wildman–Crippen MR) is 137 cm³/mol. The molecule has 44 heavy (non-hydrogen) atoms. The van der Waals surface area contributed by atoms with Gasteiger partial charge in [-0.2, -0.15) is 30.7 Å². The summed E-state index contributed by atoms with van der Waals surface area (Å²) in [7, 11) is 0. The maximum absolute atomic E-state index is 14.8. The molecule has 1 aliphatic carbocycles. The molecule has 2 aliphatic rings. The van der Waals surface area contributed by atoms with Crippen molar-refractivity contribution >= 4 is 0 Å². The van der Waals surface area contributed by atoms with Gasteiger partial charge in [-0.3, -0.25) is 0 Å². The largest absolute Gasteiger partial charge is 0.429 e. The summed E-state index contributed by atoms with van der Waals surface area (Å²) in [4.78, 5) is 0. The van der Waals surface area contributed by atoms with Gasteiger partial charge >= 0.3 is 24.3 Å². The van der Waals surface area contributed by atoms with Crippen LogP contribution in [0.2, 0.25) is 0 Å². The Balaban J connectivity index is 1.35. The van der Waals surface area contributed by atoms with Gasteiger partial charge in [-0.1, -0.05) is 12.1 Å². The Kier molecular flexibility index (Phi) is 10.5. The van der Waals surface area contributed by atoms with Crippen molar-refractivity contribution in [3.63, 3.8) is 0 Å². The molecule has 2 fully saturated rings. The topological polar surface area (TPSA) is 36.9 Å². The average Bonchev–Trinajstić information content (AvgIpc) is 2.95. The molecule has 1 heterocycles. The van der Waals surface area contributed by atoms with Crippen LogP contribution in [0.3, 0.4) is 0 Å². The molecule has 0 radical (unpaired) electrons. The van der Waals surface area contributed by atoms with Crippen LogP contribution in [0.4, 0.5) is 43.9 Å². The molecule has 1 saturated heterocycles. The normalized spacial score (nSPS) is 22.8. The second-order valence-corrected chi connectivity index (χ2v) is 10.7. The van der Waals surface area contributed by atoms with Gasteiger partial charge in [0.25, 0.3) is 0 Å². The van der Waals surface area contributed by atoms with Gasteiger partial charge in [0.2, 0.25) is 5.75 Å². The Morgan fingerprint density at radius 1 is 0.886 bits per heavy atom. The van der Waals surface area contributed by atoms with Crippen LogP contribution in [-0.4, -0.2) is 24.9 Å². The molecule has 0 bridgehead atoms. The lowest BCUT2D eigenvalue weighted by Crippen LogP contribution is -2.45. The van der Waals surface area contributed by atoms with Crippen molar-refractivity contribution in [3.05, 3.63) is 83.7 Å². The van der Waals surface area contributed by atoms with Crippen LogP contribution in [0.15, 0.2) is 55.1 Å². The zero-order valence-electron chi connectivity index (χ0n) is 23.1. The first-order valence-corrected chi connectivity index (χ1v) is 13.7.